The van der Waals surface area contributed by atoms with Gasteiger partial charge in [0.1, 0.15) is 5.60 Å². The van der Waals surface area contributed by atoms with Gasteiger partial charge in [-0.2, -0.15) is 0 Å². The van der Waals surface area contributed by atoms with Crippen LogP contribution in [-0.4, -0.2) is 37.2 Å². The van der Waals surface area contributed by atoms with E-state index >= 15 is 0 Å². The fraction of sp³-hybridized carbons (Fsp3) is 0.588. The highest BCUT2D eigenvalue weighted by atomic mass is 16.6. The van der Waals surface area contributed by atoms with E-state index in [1.54, 1.807) is 0 Å². The van der Waals surface area contributed by atoms with E-state index < -0.39 is 5.60 Å². The Morgan fingerprint density at radius 1 is 1.24 bits per heavy atom. The molecule has 1 aromatic carbocycles. The summed E-state index contributed by atoms with van der Waals surface area (Å²) in [5.41, 5.74) is 0.873. The fourth-order valence-electron chi connectivity index (χ4n) is 2.59. The van der Waals surface area contributed by atoms with Crippen molar-refractivity contribution < 1.29 is 9.53 Å². The van der Waals surface area contributed by atoms with Crippen LogP contribution in [0.25, 0.3) is 0 Å². The number of carbonyl (C=O) groups excluding carboxylic acids is 1. The number of esters is 1. The molecule has 0 saturated carbocycles. The first kappa shape index (κ1) is 15.8. The molecule has 116 valence electrons. The quantitative estimate of drug-likeness (QED) is 0.866. The van der Waals surface area contributed by atoms with Gasteiger partial charge in [0, 0.05) is 24.8 Å². The van der Waals surface area contributed by atoms with Crippen molar-refractivity contribution in [3.8, 4) is 0 Å². The number of benzene rings is 1. The van der Waals surface area contributed by atoms with Crippen LogP contribution in [0.5, 0.6) is 0 Å². The summed E-state index contributed by atoms with van der Waals surface area (Å²) in [6.07, 6.45) is 2.11. The summed E-state index contributed by atoms with van der Waals surface area (Å²) >= 11 is 0. The van der Waals surface area contributed by atoms with Gasteiger partial charge in [-0.1, -0.05) is 18.2 Å². The summed E-state index contributed by atoms with van der Waals surface area (Å²) in [6.45, 7) is 8.02. The van der Waals surface area contributed by atoms with Crippen LogP contribution in [0.4, 0.5) is 5.69 Å². The second kappa shape index (κ2) is 6.94. The monoisotopic (exact) mass is 290 g/mol. The highest BCUT2D eigenvalue weighted by Gasteiger charge is 2.21. The summed E-state index contributed by atoms with van der Waals surface area (Å²) in [5.74, 6) is -0.173. The molecule has 0 aliphatic carbocycles. The van der Waals surface area contributed by atoms with Gasteiger partial charge in [0.2, 0.25) is 0 Å². The van der Waals surface area contributed by atoms with Gasteiger partial charge in [-0.15, -0.1) is 0 Å². The van der Waals surface area contributed by atoms with Crippen LogP contribution in [0.2, 0.25) is 0 Å². The van der Waals surface area contributed by atoms with Gasteiger partial charge >= 0.3 is 5.97 Å². The lowest BCUT2D eigenvalue weighted by Gasteiger charge is -2.34. The number of carbonyl (C=O) groups is 1. The zero-order valence-electron chi connectivity index (χ0n) is 13.3. The van der Waals surface area contributed by atoms with Gasteiger partial charge in [-0.3, -0.25) is 4.79 Å². The minimum Gasteiger partial charge on any atom is -0.459 e. The molecule has 1 aliphatic rings. The molecular weight excluding hydrogens is 264 g/mol. The lowest BCUT2D eigenvalue weighted by Crippen LogP contribution is -2.44. The third-order valence-electron chi connectivity index (χ3n) is 3.57. The second-order valence-corrected chi connectivity index (χ2v) is 6.56. The number of nitrogens with zero attached hydrogens (tertiary/aromatic N) is 1. The Balaban J connectivity index is 1.71. The molecule has 2 rings (SSSR count). The van der Waals surface area contributed by atoms with Crippen LogP contribution < -0.4 is 10.2 Å². The molecule has 1 heterocycles. The molecule has 0 spiro atoms. The first-order chi connectivity index (χ1) is 9.94. The molecule has 0 unspecified atom stereocenters. The summed E-state index contributed by atoms with van der Waals surface area (Å²) in [6, 6.07) is 10.9. The normalized spacial score (nSPS) is 16.8. The largest absolute Gasteiger partial charge is 0.459 e. The maximum Gasteiger partial charge on any atom is 0.320 e. The number of nitrogens with one attached hydrogen (secondary N) is 1. The van der Waals surface area contributed by atoms with Crippen molar-refractivity contribution in [1.29, 1.82) is 0 Å². The Kier molecular flexibility index (Phi) is 5.23. The molecule has 1 aliphatic heterocycles. The van der Waals surface area contributed by atoms with Crippen LogP contribution in [0.3, 0.4) is 0 Å². The topological polar surface area (TPSA) is 41.6 Å². The van der Waals surface area contributed by atoms with Crippen molar-refractivity contribution in [2.24, 2.45) is 0 Å². The van der Waals surface area contributed by atoms with E-state index in [1.807, 2.05) is 26.8 Å². The van der Waals surface area contributed by atoms with E-state index in [0.717, 1.165) is 25.9 Å². The Hall–Kier alpha value is -1.55. The molecule has 4 heteroatoms. The van der Waals surface area contributed by atoms with Crippen LogP contribution in [0, 0.1) is 0 Å². The van der Waals surface area contributed by atoms with Gasteiger partial charge in [0.25, 0.3) is 0 Å². The minimum absolute atomic E-state index is 0.173. The number of ether oxygens (including phenoxy) is 1. The Bertz CT molecular complexity index is 446. The van der Waals surface area contributed by atoms with E-state index in [1.165, 1.54) is 5.69 Å². The third kappa shape index (κ3) is 5.38. The van der Waals surface area contributed by atoms with Gasteiger partial charge in [-0.05, 0) is 45.7 Å². The molecule has 1 N–H and O–H groups in total. The Labute approximate surface area is 127 Å². The predicted octanol–water partition coefficient (Wildman–Crippen LogP) is 2.59. The van der Waals surface area contributed by atoms with E-state index in [2.05, 4.69) is 34.5 Å². The van der Waals surface area contributed by atoms with Crippen molar-refractivity contribution in [2.75, 3.05) is 24.5 Å². The van der Waals surface area contributed by atoms with E-state index in [9.17, 15) is 4.79 Å². The molecule has 0 bridgehead atoms. The second-order valence-electron chi connectivity index (χ2n) is 6.56. The van der Waals surface area contributed by atoms with E-state index in [4.69, 9.17) is 4.74 Å². The molecule has 0 aromatic heterocycles. The highest BCUT2D eigenvalue weighted by Crippen LogP contribution is 2.19. The predicted molar refractivity (Wildman–Crippen MR) is 85.5 cm³/mol. The number of anilines is 1. The zero-order valence-corrected chi connectivity index (χ0v) is 13.3. The van der Waals surface area contributed by atoms with Gasteiger partial charge in [0.15, 0.2) is 0 Å². The molecule has 0 atom stereocenters. The molecule has 0 amide bonds. The van der Waals surface area contributed by atoms with Gasteiger partial charge in [-0.25, -0.2) is 0 Å². The molecule has 1 aromatic rings. The highest BCUT2D eigenvalue weighted by molar-refractivity contribution is 5.72. The van der Waals surface area contributed by atoms with E-state index in [-0.39, 0.29) is 5.97 Å². The van der Waals surface area contributed by atoms with Crippen molar-refractivity contribution in [3.05, 3.63) is 30.3 Å². The van der Waals surface area contributed by atoms with E-state index in [0.29, 0.717) is 12.6 Å². The van der Waals surface area contributed by atoms with Gasteiger partial charge < -0.3 is 15.0 Å². The third-order valence-corrected chi connectivity index (χ3v) is 3.57. The first-order valence-corrected chi connectivity index (χ1v) is 7.69. The average molecular weight is 290 g/mol. The van der Waals surface area contributed by atoms with Crippen LogP contribution >= 0.6 is 0 Å². The van der Waals surface area contributed by atoms with Crippen LogP contribution in [-0.2, 0) is 9.53 Å². The van der Waals surface area contributed by atoms with Crippen molar-refractivity contribution in [2.45, 2.75) is 45.3 Å². The number of para-hydroxylation sites is 1. The number of hydrogen-bond donors (Lipinski definition) is 1. The number of hydrogen-bond acceptors (Lipinski definition) is 4. The smallest absolute Gasteiger partial charge is 0.320 e. The fourth-order valence-corrected chi connectivity index (χ4v) is 2.59. The maximum absolute atomic E-state index is 11.7. The van der Waals surface area contributed by atoms with Crippen molar-refractivity contribution in [1.82, 2.24) is 5.32 Å². The molecule has 1 saturated heterocycles. The van der Waals surface area contributed by atoms with Crippen LogP contribution in [0.15, 0.2) is 30.3 Å². The summed E-state index contributed by atoms with van der Waals surface area (Å²) in [5, 5.41) is 3.31. The molecular formula is C17H26N2O2. The Morgan fingerprint density at radius 2 is 1.86 bits per heavy atom. The number of piperidine rings is 1. The lowest BCUT2D eigenvalue weighted by atomic mass is 10.0. The number of rotatable bonds is 4. The Morgan fingerprint density at radius 3 is 2.43 bits per heavy atom. The molecule has 4 nitrogen and oxygen atoms in total. The summed E-state index contributed by atoms with van der Waals surface area (Å²) in [7, 11) is 0. The van der Waals surface area contributed by atoms with Crippen molar-refractivity contribution >= 4 is 11.7 Å². The van der Waals surface area contributed by atoms with Gasteiger partial charge in [0.05, 0.1) is 6.54 Å². The lowest BCUT2D eigenvalue weighted by molar-refractivity contribution is -0.153. The maximum atomic E-state index is 11.7. The summed E-state index contributed by atoms with van der Waals surface area (Å²) in [4.78, 5) is 14.1. The first-order valence-electron chi connectivity index (χ1n) is 7.69. The molecule has 1 fully saturated rings. The average Bonchev–Trinajstić information content (AvgIpc) is 2.45. The zero-order chi connectivity index (χ0) is 15.3. The summed E-state index contributed by atoms with van der Waals surface area (Å²) < 4.78 is 5.31. The van der Waals surface area contributed by atoms with Crippen molar-refractivity contribution in [3.63, 3.8) is 0 Å². The minimum atomic E-state index is -0.407. The molecule has 21 heavy (non-hydrogen) atoms. The molecule has 0 radical (unpaired) electrons. The van der Waals surface area contributed by atoms with Crippen LogP contribution in [0.1, 0.15) is 33.6 Å². The standard InChI is InChI=1S/C17H26N2O2/c1-17(2,3)21-16(20)13-18-14-9-11-19(12-10-14)15-7-5-4-6-8-15/h4-8,14,18H,9-13H2,1-3H3. The SMILES string of the molecule is CC(C)(C)OC(=O)CNC1CCN(c2ccccc2)CC1.